The highest BCUT2D eigenvalue weighted by Gasteiger charge is 2.16. The lowest BCUT2D eigenvalue weighted by molar-refractivity contribution is 0.415. The molecule has 1 aliphatic rings. The van der Waals surface area contributed by atoms with Gasteiger partial charge in [0.2, 0.25) is 0 Å². The van der Waals surface area contributed by atoms with Crippen LogP contribution >= 0.6 is 11.6 Å². The fraction of sp³-hybridized carbons (Fsp3) is 0.375. The molecule has 1 saturated heterocycles. The van der Waals surface area contributed by atoms with Gasteiger partial charge in [-0.1, -0.05) is 11.6 Å². The second kappa shape index (κ2) is 6.31. The minimum Gasteiger partial charge on any atom is -0.497 e. The van der Waals surface area contributed by atoms with Crippen LogP contribution in [0.1, 0.15) is 19.3 Å². The Morgan fingerprint density at radius 2 is 1.81 bits per heavy atom. The molecule has 0 aliphatic carbocycles. The van der Waals surface area contributed by atoms with E-state index in [9.17, 15) is 0 Å². The van der Waals surface area contributed by atoms with Crippen molar-refractivity contribution in [3.8, 4) is 17.1 Å². The Kier molecular flexibility index (Phi) is 4.25. The SMILES string of the molecule is COc1ccc(-c2ncc(Cl)c(N3CCCCC3)n2)cc1. The number of ether oxygens (including phenoxy) is 1. The van der Waals surface area contributed by atoms with Crippen LogP contribution in [0.5, 0.6) is 5.75 Å². The fourth-order valence-corrected chi connectivity index (χ4v) is 2.78. The highest BCUT2D eigenvalue weighted by molar-refractivity contribution is 6.32. The van der Waals surface area contributed by atoms with Crippen molar-refractivity contribution in [2.75, 3.05) is 25.1 Å². The van der Waals surface area contributed by atoms with Gasteiger partial charge >= 0.3 is 0 Å². The van der Waals surface area contributed by atoms with Crippen LogP contribution in [0.25, 0.3) is 11.4 Å². The minimum atomic E-state index is 0.620. The number of nitrogens with zero attached hydrogens (tertiary/aromatic N) is 3. The summed E-state index contributed by atoms with van der Waals surface area (Å²) in [6, 6.07) is 7.74. The molecular weight excluding hydrogens is 286 g/mol. The molecule has 0 bridgehead atoms. The third-order valence-corrected chi connectivity index (χ3v) is 4.00. The van der Waals surface area contributed by atoms with E-state index in [1.807, 2.05) is 24.3 Å². The molecule has 4 nitrogen and oxygen atoms in total. The maximum Gasteiger partial charge on any atom is 0.161 e. The third kappa shape index (κ3) is 3.10. The minimum absolute atomic E-state index is 0.620. The summed E-state index contributed by atoms with van der Waals surface area (Å²) >= 11 is 6.28. The molecule has 0 amide bonds. The van der Waals surface area contributed by atoms with E-state index in [2.05, 4.69) is 14.9 Å². The molecule has 2 heterocycles. The monoisotopic (exact) mass is 303 g/mol. The molecule has 1 fully saturated rings. The molecule has 3 rings (SSSR count). The molecule has 0 unspecified atom stereocenters. The Balaban J connectivity index is 1.92. The van der Waals surface area contributed by atoms with E-state index in [4.69, 9.17) is 16.3 Å². The van der Waals surface area contributed by atoms with Gasteiger partial charge in [0, 0.05) is 18.7 Å². The Morgan fingerprint density at radius 3 is 2.48 bits per heavy atom. The number of aromatic nitrogens is 2. The van der Waals surface area contributed by atoms with Gasteiger partial charge in [0.25, 0.3) is 0 Å². The number of hydrogen-bond donors (Lipinski definition) is 0. The van der Waals surface area contributed by atoms with Gasteiger partial charge < -0.3 is 9.64 Å². The van der Waals surface area contributed by atoms with Crippen LogP contribution in [0.2, 0.25) is 5.02 Å². The van der Waals surface area contributed by atoms with Crippen LogP contribution in [0.15, 0.2) is 30.5 Å². The maximum atomic E-state index is 6.28. The first-order valence-corrected chi connectivity index (χ1v) is 7.57. The highest BCUT2D eigenvalue weighted by Crippen LogP contribution is 2.28. The number of anilines is 1. The zero-order valence-electron chi connectivity index (χ0n) is 12.1. The van der Waals surface area contributed by atoms with Crippen molar-refractivity contribution in [3.63, 3.8) is 0 Å². The van der Waals surface area contributed by atoms with Crippen LogP contribution in [0.4, 0.5) is 5.82 Å². The summed E-state index contributed by atoms with van der Waals surface area (Å²) in [5.74, 6) is 2.36. The number of piperidine rings is 1. The lowest BCUT2D eigenvalue weighted by atomic mass is 10.1. The molecule has 1 aromatic heterocycles. The highest BCUT2D eigenvalue weighted by atomic mass is 35.5. The van der Waals surface area contributed by atoms with Crippen molar-refractivity contribution in [1.29, 1.82) is 0 Å². The predicted molar refractivity (Wildman–Crippen MR) is 85.1 cm³/mol. The topological polar surface area (TPSA) is 38.2 Å². The van der Waals surface area contributed by atoms with Crippen LogP contribution in [0.3, 0.4) is 0 Å². The van der Waals surface area contributed by atoms with Gasteiger partial charge in [0.1, 0.15) is 10.8 Å². The Bertz CT molecular complexity index is 609. The van der Waals surface area contributed by atoms with E-state index in [-0.39, 0.29) is 0 Å². The Labute approximate surface area is 129 Å². The van der Waals surface area contributed by atoms with Crippen molar-refractivity contribution in [1.82, 2.24) is 9.97 Å². The Morgan fingerprint density at radius 1 is 1.10 bits per heavy atom. The van der Waals surface area contributed by atoms with E-state index in [0.29, 0.717) is 10.8 Å². The van der Waals surface area contributed by atoms with Crippen molar-refractivity contribution in [3.05, 3.63) is 35.5 Å². The number of benzene rings is 1. The van der Waals surface area contributed by atoms with Crippen LogP contribution in [-0.2, 0) is 0 Å². The number of methoxy groups -OCH3 is 1. The van der Waals surface area contributed by atoms with Gasteiger partial charge in [-0.15, -0.1) is 0 Å². The van der Waals surface area contributed by atoms with Crippen LogP contribution < -0.4 is 9.64 Å². The van der Waals surface area contributed by atoms with Gasteiger partial charge in [0.15, 0.2) is 11.6 Å². The second-order valence-corrected chi connectivity index (χ2v) is 5.55. The standard InChI is InChI=1S/C16H18ClN3O/c1-21-13-7-5-12(6-8-13)15-18-11-14(17)16(19-15)20-9-3-2-4-10-20/h5-8,11H,2-4,9-10H2,1H3. The summed E-state index contributed by atoms with van der Waals surface area (Å²) in [5, 5.41) is 0.620. The normalized spacial score (nSPS) is 15.0. The molecule has 5 heteroatoms. The summed E-state index contributed by atoms with van der Waals surface area (Å²) in [6.07, 6.45) is 5.36. The van der Waals surface area contributed by atoms with Crippen LogP contribution in [-0.4, -0.2) is 30.2 Å². The summed E-state index contributed by atoms with van der Waals surface area (Å²) in [5.41, 5.74) is 0.964. The van der Waals surface area contributed by atoms with E-state index in [1.54, 1.807) is 13.3 Å². The molecule has 110 valence electrons. The molecule has 0 radical (unpaired) electrons. The van der Waals surface area contributed by atoms with Gasteiger partial charge in [-0.2, -0.15) is 0 Å². The molecule has 0 saturated carbocycles. The maximum absolute atomic E-state index is 6.28. The van der Waals surface area contributed by atoms with Gasteiger partial charge in [-0.3, -0.25) is 0 Å². The quantitative estimate of drug-likeness (QED) is 0.864. The predicted octanol–water partition coefficient (Wildman–Crippen LogP) is 3.80. The summed E-state index contributed by atoms with van der Waals surface area (Å²) in [6.45, 7) is 2.03. The van der Waals surface area contributed by atoms with Crippen LogP contribution in [0, 0.1) is 0 Å². The Hall–Kier alpha value is -1.81. The van der Waals surface area contributed by atoms with E-state index in [1.165, 1.54) is 19.3 Å². The number of halogens is 1. The first kappa shape index (κ1) is 14.1. The average molecular weight is 304 g/mol. The van der Waals surface area contributed by atoms with Gasteiger partial charge in [-0.05, 0) is 43.5 Å². The number of hydrogen-bond acceptors (Lipinski definition) is 4. The van der Waals surface area contributed by atoms with Crippen molar-refractivity contribution in [2.45, 2.75) is 19.3 Å². The van der Waals surface area contributed by atoms with Crippen molar-refractivity contribution >= 4 is 17.4 Å². The third-order valence-electron chi connectivity index (χ3n) is 3.73. The summed E-state index contributed by atoms with van der Waals surface area (Å²) in [4.78, 5) is 11.3. The molecule has 2 aromatic rings. The molecule has 21 heavy (non-hydrogen) atoms. The zero-order chi connectivity index (χ0) is 14.7. The van der Waals surface area contributed by atoms with E-state index in [0.717, 1.165) is 30.2 Å². The largest absolute Gasteiger partial charge is 0.497 e. The molecule has 0 atom stereocenters. The summed E-state index contributed by atoms with van der Waals surface area (Å²) in [7, 11) is 1.66. The van der Waals surface area contributed by atoms with Gasteiger partial charge in [0.05, 0.1) is 13.3 Å². The zero-order valence-corrected chi connectivity index (χ0v) is 12.8. The van der Waals surface area contributed by atoms with Gasteiger partial charge in [-0.25, -0.2) is 9.97 Å². The van der Waals surface area contributed by atoms with Crippen molar-refractivity contribution < 1.29 is 4.74 Å². The molecule has 1 aliphatic heterocycles. The number of rotatable bonds is 3. The van der Waals surface area contributed by atoms with E-state index < -0.39 is 0 Å². The average Bonchev–Trinajstić information content (AvgIpc) is 2.56. The fourth-order valence-electron chi connectivity index (χ4n) is 2.56. The smallest absolute Gasteiger partial charge is 0.161 e. The first-order chi connectivity index (χ1) is 10.3. The molecular formula is C16H18ClN3O. The first-order valence-electron chi connectivity index (χ1n) is 7.20. The molecule has 0 N–H and O–H groups in total. The molecule has 0 spiro atoms. The summed E-state index contributed by atoms with van der Waals surface area (Å²) < 4.78 is 5.17. The molecule has 1 aromatic carbocycles. The van der Waals surface area contributed by atoms with Crippen molar-refractivity contribution in [2.24, 2.45) is 0 Å². The second-order valence-electron chi connectivity index (χ2n) is 5.14. The lowest BCUT2D eigenvalue weighted by Crippen LogP contribution is -2.30. The lowest BCUT2D eigenvalue weighted by Gasteiger charge is -2.28. The van der Waals surface area contributed by atoms with E-state index >= 15 is 0 Å².